The van der Waals surface area contributed by atoms with Gasteiger partial charge in [-0.1, -0.05) is 37.3 Å². The molecule has 1 aromatic rings. The summed E-state index contributed by atoms with van der Waals surface area (Å²) in [6.07, 6.45) is 0.606. The van der Waals surface area contributed by atoms with Gasteiger partial charge in [0.1, 0.15) is 5.54 Å². The van der Waals surface area contributed by atoms with Gasteiger partial charge in [-0.15, -0.1) is 0 Å². The number of aliphatic hydroxyl groups is 1. The predicted octanol–water partition coefficient (Wildman–Crippen LogP) is 1.78. The Labute approximate surface area is 124 Å². The third kappa shape index (κ3) is 3.98. The lowest BCUT2D eigenvalue weighted by molar-refractivity contribution is -0.149. The van der Waals surface area contributed by atoms with Gasteiger partial charge in [0.15, 0.2) is 0 Å². The zero-order valence-corrected chi connectivity index (χ0v) is 13.1. The molecule has 0 spiro atoms. The molecule has 0 aliphatic carbocycles. The second-order valence-corrected chi connectivity index (χ2v) is 6.17. The van der Waals surface area contributed by atoms with Crippen LogP contribution in [0, 0.1) is 0 Å². The van der Waals surface area contributed by atoms with Crippen LogP contribution in [0.3, 0.4) is 0 Å². The van der Waals surface area contributed by atoms with Gasteiger partial charge >= 0.3 is 5.97 Å². The summed E-state index contributed by atoms with van der Waals surface area (Å²) in [5, 5.41) is 12.4. The summed E-state index contributed by atoms with van der Waals surface area (Å²) in [6.45, 7) is 2.10. The van der Waals surface area contributed by atoms with E-state index in [1.165, 1.54) is 7.11 Å². The zero-order chi connectivity index (χ0) is 15.0. The first-order chi connectivity index (χ1) is 9.60. The van der Waals surface area contributed by atoms with Crippen LogP contribution < -0.4 is 5.32 Å². The van der Waals surface area contributed by atoms with Crippen LogP contribution in [0.15, 0.2) is 30.3 Å². The number of ether oxygens (including phenoxy) is 1. The fourth-order valence-corrected chi connectivity index (χ4v) is 3.03. The number of rotatable bonds is 8. The minimum Gasteiger partial charge on any atom is -0.467 e. The number of hydrogen-bond donors (Lipinski definition) is 2. The first-order valence-electron chi connectivity index (χ1n) is 6.66. The number of thioether (sulfide) groups is 1. The van der Waals surface area contributed by atoms with E-state index in [-0.39, 0.29) is 17.8 Å². The number of methoxy groups -OCH3 is 1. The maximum atomic E-state index is 12.3. The molecule has 0 fully saturated rings. The summed E-state index contributed by atoms with van der Waals surface area (Å²) >= 11 is 1.64. The van der Waals surface area contributed by atoms with E-state index >= 15 is 0 Å². The summed E-state index contributed by atoms with van der Waals surface area (Å²) in [5.41, 5.74) is 0.0599. The molecule has 5 heteroatoms. The van der Waals surface area contributed by atoms with Crippen molar-refractivity contribution in [1.29, 1.82) is 0 Å². The Bertz CT molecular complexity index is 413. The van der Waals surface area contributed by atoms with Crippen LogP contribution in [-0.2, 0) is 15.1 Å². The van der Waals surface area contributed by atoms with Crippen molar-refractivity contribution in [2.24, 2.45) is 0 Å². The number of nitrogens with one attached hydrogen (secondary N) is 1. The van der Waals surface area contributed by atoms with Gasteiger partial charge in [0.2, 0.25) is 0 Å². The van der Waals surface area contributed by atoms with Crippen LogP contribution in [-0.4, -0.2) is 42.8 Å². The highest BCUT2D eigenvalue weighted by molar-refractivity contribution is 7.99. The molecule has 2 atom stereocenters. The smallest absolute Gasteiger partial charge is 0.330 e. The summed E-state index contributed by atoms with van der Waals surface area (Å²) in [6, 6.07) is 9.59. The molecule has 1 aromatic carbocycles. The highest BCUT2D eigenvalue weighted by atomic mass is 32.2. The van der Waals surface area contributed by atoms with E-state index in [0.29, 0.717) is 6.42 Å². The van der Waals surface area contributed by atoms with Crippen molar-refractivity contribution in [3.8, 4) is 0 Å². The first kappa shape index (κ1) is 17.0. The molecule has 4 nitrogen and oxygen atoms in total. The standard InChI is InChI=1S/C15H23NO3S/c1-12(11-17)20-10-9-15(16-2,14(18)19-3)13-7-5-4-6-8-13/h4-8,12,16-17H,9-11H2,1-3H3. The van der Waals surface area contributed by atoms with Gasteiger partial charge in [-0.05, 0) is 24.8 Å². The lowest BCUT2D eigenvalue weighted by atomic mass is 9.87. The maximum Gasteiger partial charge on any atom is 0.330 e. The van der Waals surface area contributed by atoms with Gasteiger partial charge < -0.3 is 15.2 Å². The van der Waals surface area contributed by atoms with E-state index in [0.717, 1.165) is 11.3 Å². The van der Waals surface area contributed by atoms with Gasteiger partial charge in [0.25, 0.3) is 0 Å². The number of esters is 1. The molecule has 0 aliphatic rings. The zero-order valence-electron chi connectivity index (χ0n) is 12.3. The number of carbonyl (C=O) groups excluding carboxylic acids is 1. The fourth-order valence-electron chi connectivity index (χ4n) is 2.10. The van der Waals surface area contributed by atoms with E-state index in [1.807, 2.05) is 37.3 Å². The highest BCUT2D eigenvalue weighted by Gasteiger charge is 2.39. The lowest BCUT2D eigenvalue weighted by Gasteiger charge is -2.31. The number of likely N-dealkylation sites (N-methyl/N-ethyl adjacent to an activating group) is 1. The normalized spacial score (nSPS) is 15.4. The minimum atomic E-state index is -0.835. The summed E-state index contributed by atoms with van der Waals surface area (Å²) in [7, 11) is 3.17. The molecule has 2 N–H and O–H groups in total. The number of hydrogen-bond acceptors (Lipinski definition) is 5. The Hall–Kier alpha value is -1.04. The second kappa shape index (κ2) is 8.29. The summed E-state index contributed by atoms with van der Waals surface area (Å²) in [5.74, 6) is 0.468. The molecule has 0 amide bonds. The quantitative estimate of drug-likeness (QED) is 0.716. The van der Waals surface area contributed by atoms with Gasteiger partial charge in [-0.25, -0.2) is 4.79 Å². The first-order valence-corrected chi connectivity index (χ1v) is 7.71. The molecule has 0 saturated heterocycles. The molecule has 0 aliphatic heterocycles. The van der Waals surface area contributed by atoms with E-state index in [1.54, 1.807) is 18.8 Å². The van der Waals surface area contributed by atoms with Crippen molar-refractivity contribution in [3.63, 3.8) is 0 Å². The van der Waals surface area contributed by atoms with Crippen molar-refractivity contribution in [2.45, 2.75) is 24.1 Å². The lowest BCUT2D eigenvalue weighted by Crippen LogP contribution is -2.48. The van der Waals surface area contributed by atoms with Gasteiger partial charge in [0.05, 0.1) is 13.7 Å². The molecule has 0 radical (unpaired) electrons. The van der Waals surface area contributed by atoms with Gasteiger partial charge in [-0.3, -0.25) is 0 Å². The van der Waals surface area contributed by atoms with Crippen LogP contribution in [0.25, 0.3) is 0 Å². The fraction of sp³-hybridized carbons (Fsp3) is 0.533. The Morgan fingerprint density at radius 3 is 2.60 bits per heavy atom. The topological polar surface area (TPSA) is 58.6 Å². The maximum absolute atomic E-state index is 12.3. The Balaban J connectivity index is 2.92. The van der Waals surface area contributed by atoms with E-state index in [9.17, 15) is 4.79 Å². The van der Waals surface area contributed by atoms with Gasteiger partial charge in [0, 0.05) is 5.25 Å². The Kier molecular flexibility index (Phi) is 7.05. The number of benzene rings is 1. The molecule has 0 saturated carbocycles. The van der Waals surface area contributed by atoms with Crippen molar-refractivity contribution in [2.75, 3.05) is 26.5 Å². The monoisotopic (exact) mass is 297 g/mol. The molecular weight excluding hydrogens is 274 g/mol. The van der Waals surface area contributed by atoms with Crippen molar-refractivity contribution < 1.29 is 14.6 Å². The van der Waals surface area contributed by atoms with Crippen LogP contribution in [0.1, 0.15) is 18.9 Å². The average molecular weight is 297 g/mol. The largest absolute Gasteiger partial charge is 0.467 e. The van der Waals surface area contributed by atoms with Crippen LogP contribution >= 0.6 is 11.8 Å². The highest BCUT2D eigenvalue weighted by Crippen LogP contribution is 2.29. The number of carbonyl (C=O) groups is 1. The van der Waals surface area contributed by atoms with Crippen LogP contribution in [0.2, 0.25) is 0 Å². The second-order valence-electron chi connectivity index (χ2n) is 4.63. The Morgan fingerprint density at radius 1 is 1.45 bits per heavy atom. The third-order valence-electron chi connectivity index (χ3n) is 3.36. The van der Waals surface area contributed by atoms with E-state index in [4.69, 9.17) is 9.84 Å². The van der Waals surface area contributed by atoms with Crippen LogP contribution in [0.5, 0.6) is 0 Å². The summed E-state index contributed by atoms with van der Waals surface area (Å²) in [4.78, 5) is 12.3. The molecule has 20 heavy (non-hydrogen) atoms. The molecular formula is C15H23NO3S. The molecule has 2 unspecified atom stereocenters. The third-order valence-corrected chi connectivity index (χ3v) is 4.52. The Morgan fingerprint density at radius 2 is 2.10 bits per heavy atom. The minimum absolute atomic E-state index is 0.140. The number of aliphatic hydroxyl groups excluding tert-OH is 1. The average Bonchev–Trinajstić information content (AvgIpc) is 2.51. The van der Waals surface area contributed by atoms with Gasteiger partial charge in [-0.2, -0.15) is 11.8 Å². The SMILES string of the molecule is CNC(CCSC(C)CO)(C(=O)OC)c1ccccc1. The molecule has 0 heterocycles. The molecule has 0 bridgehead atoms. The molecule has 112 valence electrons. The van der Waals surface area contributed by atoms with Crippen LogP contribution in [0.4, 0.5) is 0 Å². The van der Waals surface area contributed by atoms with Crippen molar-refractivity contribution >= 4 is 17.7 Å². The molecule has 1 rings (SSSR count). The van der Waals surface area contributed by atoms with E-state index < -0.39 is 5.54 Å². The predicted molar refractivity (Wildman–Crippen MR) is 82.8 cm³/mol. The summed E-state index contributed by atoms with van der Waals surface area (Å²) < 4.78 is 4.98. The van der Waals surface area contributed by atoms with E-state index in [2.05, 4.69) is 5.32 Å². The van der Waals surface area contributed by atoms with Crippen molar-refractivity contribution in [3.05, 3.63) is 35.9 Å². The van der Waals surface area contributed by atoms with Crippen molar-refractivity contribution in [1.82, 2.24) is 5.32 Å². The molecule has 0 aromatic heterocycles.